The highest BCUT2D eigenvalue weighted by atomic mass is 16.1. The topological polar surface area (TPSA) is 17.1 Å². The van der Waals surface area contributed by atoms with E-state index in [0.717, 1.165) is 24.7 Å². The molecule has 0 heterocycles. The SMILES string of the molecule is O=C1CCC(CCC2CCCC2)C1. The molecule has 2 aliphatic rings. The third kappa shape index (κ3) is 2.55. The first kappa shape index (κ1) is 9.23. The third-order valence-corrected chi connectivity index (χ3v) is 3.81. The third-order valence-electron chi connectivity index (χ3n) is 3.81. The molecule has 0 aromatic heterocycles. The van der Waals surface area contributed by atoms with Gasteiger partial charge in [0.15, 0.2) is 0 Å². The van der Waals surface area contributed by atoms with E-state index in [4.69, 9.17) is 0 Å². The lowest BCUT2D eigenvalue weighted by molar-refractivity contribution is -0.117. The van der Waals surface area contributed by atoms with Gasteiger partial charge in [-0.15, -0.1) is 0 Å². The number of hydrogen-bond donors (Lipinski definition) is 0. The predicted octanol–water partition coefficient (Wildman–Crippen LogP) is 3.33. The Balaban J connectivity index is 1.64. The lowest BCUT2D eigenvalue weighted by Crippen LogP contribution is -2.00. The summed E-state index contributed by atoms with van der Waals surface area (Å²) in [6, 6.07) is 0. The van der Waals surface area contributed by atoms with Crippen LogP contribution in [0.2, 0.25) is 0 Å². The van der Waals surface area contributed by atoms with Crippen molar-refractivity contribution >= 4 is 5.78 Å². The highest BCUT2D eigenvalue weighted by molar-refractivity contribution is 5.80. The molecule has 2 aliphatic carbocycles. The number of ketones is 1. The first-order chi connectivity index (χ1) is 6.34. The summed E-state index contributed by atoms with van der Waals surface area (Å²) in [6.07, 6.45) is 11.5. The molecule has 1 heteroatoms. The zero-order valence-electron chi connectivity index (χ0n) is 8.43. The molecule has 0 aromatic carbocycles. The first-order valence-electron chi connectivity index (χ1n) is 5.86. The Kier molecular flexibility index (Phi) is 3.02. The molecule has 2 fully saturated rings. The van der Waals surface area contributed by atoms with Crippen LogP contribution in [0.1, 0.15) is 57.8 Å². The van der Waals surface area contributed by atoms with Gasteiger partial charge in [0.05, 0.1) is 0 Å². The minimum absolute atomic E-state index is 0.511. The summed E-state index contributed by atoms with van der Waals surface area (Å²) in [4.78, 5) is 11.0. The van der Waals surface area contributed by atoms with Crippen molar-refractivity contribution in [2.24, 2.45) is 11.8 Å². The van der Waals surface area contributed by atoms with Gasteiger partial charge in [-0.05, 0) is 24.7 Å². The summed E-state index contributed by atoms with van der Waals surface area (Å²) in [7, 11) is 0. The van der Waals surface area contributed by atoms with E-state index in [1.807, 2.05) is 0 Å². The fraction of sp³-hybridized carbons (Fsp3) is 0.917. The minimum atomic E-state index is 0.511. The zero-order chi connectivity index (χ0) is 9.10. The van der Waals surface area contributed by atoms with Gasteiger partial charge < -0.3 is 0 Å². The second kappa shape index (κ2) is 4.26. The fourth-order valence-corrected chi connectivity index (χ4v) is 2.91. The standard InChI is InChI=1S/C12H20O/c13-12-8-7-11(9-12)6-5-10-3-1-2-4-10/h10-11H,1-9H2. The maximum Gasteiger partial charge on any atom is 0.133 e. The Labute approximate surface area is 80.9 Å². The molecule has 2 saturated carbocycles. The highest BCUT2D eigenvalue weighted by Crippen LogP contribution is 2.33. The molecule has 0 aromatic rings. The van der Waals surface area contributed by atoms with Gasteiger partial charge in [-0.25, -0.2) is 0 Å². The van der Waals surface area contributed by atoms with Crippen molar-refractivity contribution in [1.29, 1.82) is 0 Å². The molecule has 1 atom stereocenters. The van der Waals surface area contributed by atoms with Gasteiger partial charge in [-0.1, -0.05) is 32.1 Å². The van der Waals surface area contributed by atoms with Gasteiger partial charge in [0.25, 0.3) is 0 Å². The van der Waals surface area contributed by atoms with Gasteiger partial charge in [0.1, 0.15) is 5.78 Å². The van der Waals surface area contributed by atoms with Crippen molar-refractivity contribution in [1.82, 2.24) is 0 Å². The van der Waals surface area contributed by atoms with E-state index < -0.39 is 0 Å². The van der Waals surface area contributed by atoms with Gasteiger partial charge in [-0.3, -0.25) is 4.79 Å². The van der Waals surface area contributed by atoms with Crippen molar-refractivity contribution in [2.75, 3.05) is 0 Å². The van der Waals surface area contributed by atoms with Crippen LogP contribution in [0.3, 0.4) is 0 Å². The summed E-state index contributed by atoms with van der Waals surface area (Å²) < 4.78 is 0. The van der Waals surface area contributed by atoms with E-state index >= 15 is 0 Å². The number of rotatable bonds is 3. The fourth-order valence-electron chi connectivity index (χ4n) is 2.91. The maximum atomic E-state index is 11.0. The summed E-state index contributed by atoms with van der Waals surface area (Å²) in [5.41, 5.74) is 0. The van der Waals surface area contributed by atoms with Crippen molar-refractivity contribution < 1.29 is 4.79 Å². The van der Waals surface area contributed by atoms with E-state index in [1.165, 1.54) is 44.9 Å². The van der Waals surface area contributed by atoms with Crippen LogP contribution in [-0.2, 0) is 4.79 Å². The molecular weight excluding hydrogens is 160 g/mol. The van der Waals surface area contributed by atoms with Crippen molar-refractivity contribution in [3.8, 4) is 0 Å². The van der Waals surface area contributed by atoms with Crippen LogP contribution in [0.5, 0.6) is 0 Å². The van der Waals surface area contributed by atoms with Gasteiger partial charge >= 0.3 is 0 Å². The number of Topliss-reactive ketones (excluding diaryl/α,β-unsaturated/α-hetero) is 1. The van der Waals surface area contributed by atoms with E-state index in [2.05, 4.69) is 0 Å². The van der Waals surface area contributed by atoms with Crippen LogP contribution in [-0.4, -0.2) is 5.78 Å². The van der Waals surface area contributed by atoms with E-state index in [-0.39, 0.29) is 0 Å². The molecule has 0 bridgehead atoms. The molecule has 13 heavy (non-hydrogen) atoms. The average molecular weight is 180 g/mol. The molecule has 1 unspecified atom stereocenters. The van der Waals surface area contributed by atoms with Crippen LogP contribution in [0.4, 0.5) is 0 Å². The summed E-state index contributed by atoms with van der Waals surface area (Å²) in [5, 5.41) is 0. The molecule has 0 radical (unpaired) electrons. The molecule has 0 saturated heterocycles. The number of hydrogen-bond acceptors (Lipinski definition) is 1. The van der Waals surface area contributed by atoms with Crippen molar-refractivity contribution in [2.45, 2.75) is 57.8 Å². The smallest absolute Gasteiger partial charge is 0.133 e. The van der Waals surface area contributed by atoms with Gasteiger partial charge in [-0.2, -0.15) is 0 Å². The molecule has 1 nitrogen and oxygen atoms in total. The maximum absolute atomic E-state index is 11.0. The quantitative estimate of drug-likeness (QED) is 0.651. The van der Waals surface area contributed by atoms with Crippen LogP contribution in [0, 0.1) is 11.8 Å². The van der Waals surface area contributed by atoms with Crippen LogP contribution >= 0.6 is 0 Å². The molecule has 0 N–H and O–H groups in total. The lowest BCUT2D eigenvalue weighted by atomic mass is 9.94. The predicted molar refractivity (Wildman–Crippen MR) is 53.5 cm³/mol. The second-order valence-electron chi connectivity index (χ2n) is 4.88. The highest BCUT2D eigenvalue weighted by Gasteiger charge is 2.23. The minimum Gasteiger partial charge on any atom is -0.300 e. The summed E-state index contributed by atoms with van der Waals surface area (Å²) in [6.45, 7) is 0. The number of carbonyl (C=O) groups excluding carboxylic acids is 1. The van der Waals surface area contributed by atoms with E-state index in [0.29, 0.717) is 5.78 Å². The number of carbonyl (C=O) groups is 1. The van der Waals surface area contributed by atoms with E-state index in [1.54, 1.807) is 0 Å². The Bertz CT molecular complexity index is 180. The molecule has 0 aliphatic heterocycles. The summed E-state index contributed by atoms with van der Waals surface area (Å²) >= 11 is 0. The Morgan fingerprint density at radius 2 is 1.69 bits per heavy atom. The molecule has 0 spiro atoms. The van der Waals surface area contributed by atoms with Crippen LogP contribution < -0.4 is 0 Å². The van der Waals surface area contributed by atoms with Crippen molar-refractivity contribution in [3.05, 3.63) is 0 Å². The Morgan fingerprint density at radius 3 is 2.31 bits per heavy atom. The lowest BCUT2D eigenvalue weighted by Gasteiger charge is -2.11. The van der Waals surface area contributed by atoms with E-state index in [9.17, 15) is 4.79 Å². The molecule has 74 valence electrons. The zero-order valence-corrected chi connectivity index (χ0v) is 8.43. The Hall–Kier alpha value is -0.330. The normalized spacial score (nSPS) is 30.2. The average Bonchev–Trinajstić information content (AvgIpc) is 2.71. The van der Waals surface area contributed by atoms with Crippen LogP contribution in [0.25, 0.3) is 0 Å². The first-order valence-corrected chi connectivity index (χ1v) is 5.86. The molecule has 2 rings (SSSR count). The van der Waals surface area contributed by atoms with Gasteiger partial charge in [0, 0.05) is 12.8 Å². The molecule has 0 amide bonds. The van der Waals surface area contributed by atoms with Gasteiger partial charge in [0.2, 0.25) is 0 Å². The largest absolute Gasteiger partial charge is 0.300 e. The Morgan fingerprint density at radius 1 is 1.00 bits per heavy atom. The van der Waals surface area contributed by atoms with Crippen LogP contribution in [0.15, 0.2) is 0 Å². The second-order valence-corrected chi connectivity index (χ2v) is 4.88. The summed E-state index contributed by atoms with van der Waals surface area (Å²) in [5.74, 6) is 2.28. The van der Waals surface area contributed by atoms with Crippen molar-refractivity contribution in [3.63, 3.8) is 0 Å². The molecular formula is C12H20O. The monoisotopic (exact) mass is 180 g/mol.